The van der Waals surface area contributed by atoms with E-state index in [1.54, 1.807) is 23.7 Å². The number of hydrogen-bond donors (Lipinski definition) is 1. The number of likely N-dealkylation sites (N-methyl/N-ethyl adjacent to an activating group) is 1. The van der Waals surface area contributed by atoms with Crippen LogP contribution in [-0.2, 0) is 11.3 Å². The summed E-state index contributed by atoms with van der Waals surface area (Å²) >= 11 is 1.36. The molecule has 1 aromatic rings. The van der Waals surface area contributed by atoms with Gasteiger partial charge >= 0.3 is 0 Å². The van der Waals surface area contributed by atoms with Crippen molar-refractivity contribution in [3.8, 4) is 0 Å². The Morgan fingerprint density at radius 2 is 2.29 bits per heavy atom. The van der Waals surface area contributed by atoms with E-state index in [0.717, 1.165) is 13.1 Å². The lowest BCUT2D eigenvalue weighted by molar-refractivity contribution is -0.125. The van der Waals surface area contributed by atoms with Gasteiger partial charge in [-0.05, 0) is 17.0 Å². The fourth-order valence-corrected chi connectivity index (χ4v) is 1.94. The average molecular weight is 258 g/mol. The first kappa shape index (κ1) is 13.9. The van der Waals surface area contributed by atoms with Crippen LogP contribution in [0.15, 0.2) is 5.16 Å². The number of nitrogens with one attached hydrogen (secondary N) is 1. The van der Waals surface area contributed by atoms with E-state index in [1.807, 2.05) is 6.92 Å². The van der Waals surface area contributed by atoms with E-state index in [9.17, 15) is 4.79 Å². The van der Waals surface area contributed by atoms with Crippen LogP contribution >= 0.6 is 11.8 Å². The molecule has 1 N–H and O–H groups in total. The molecule has 8 heteroatoms. The summed E-state index contributed by atoms with van der Waals surface area (Å²) in [5, 5.41) is 15.3. The van der Waals surface area contributed by atoms with Crippen LogP contribution in [0.2, 0.25) is 0 Å². The third kappa shape index (κ3) is 4.70. The molecule has 0 radical (unpaired) electrons. The van der Waals surface area contributed by atoms with Crippen molar-refractivity contribution >= 4 is 17.7 Å². The fourth-order valence-electron chi connectivity index (χ4n) is 1.06. The van der Waals surface area contributed by atoms with E-state index in [0.29, 0.717) is 17.5 Å². The number of thioether (sulfide) groups is 1. The summed E-state index contributed by atoms with van der Waals surface area (Å²) in [7, 11) is 3.47. The van der Waals surface area contributed by atoms with Gasteiger partial charge in [0.1, 0.15) is 0 Å². The number of hydrogen-bond acceptors (Lipinski definition) is 6. The molecule has 1 rings (SSSR count). The molecule has 0 fully saturated rings. The zero-order chi connectivity index (χ0) is 12.7. The molecular formula is C9H18N6OS. The van der Waals surface area contributed by atoms with Crippen molar-refractivity contribution in [1.82, 2.24) is 30.4 Å². The highest BCUT2D eigenvalue weighted by molar-refractivity contribution is 7.99. The Morgan fingerprint density at radius 1 is 1.53 bits per heavy atom. The molecule has 0 atom stereocenters. The van der Waals surface area contributed by atoms with E-state index in [4.69, 9.17) is 0 Å². The number of rotatable bonds is 7. The van der Waals surface area contributed by atoms with Crippen LogP contribution in [0, 0.1) is 0 Å². The first-order valence-corrected chi connectivity index (χ1v) is 6.43. The van der Waals surface area contributed by atoms with Crippen LogP contribution in [0.25, 0.3) is 0 Å². The van der Waals surface area contributed by atoms with E-state index in [2.05, 4.69) is 20.8 Å². The Hall–Kier alpha value is -1.15. The van der Waals surface area contributed by atoms with Crippen molar-refractivity contribution in [3.63, 3.8) is 0 Å². The van der Waals surface area contributed by atoms with Gasteiger partial charge in [-0.25, -0.2) is 4.68 Å². The van der Waals surface area contributed by atoms with E-state index in [-0.39, 0.29) is 5.91 Å². The van der Waals surface area contributed by atoms with Crippen LogP contribution < -0.4 is 5.32 Å². The molecule has 7 nitrogen and oxygen atoms in total. The van der Waals surface area contributed by atoms with Gasteiger partial charge in [0.05, 0.1) is 12.3 Å². The van der Waals surface area contributed by atoms with Gasteiger partial charge in [0.2, 0.25) is 11.1 Å². The highest BCUT2D eigenvalue weighted by Crippen LogP contribution is 2.13. The van der Waals surface area contributed by atoms with E-state index < -0.39 is 0 Å². The van der Waals surface area contributed by atoms with Crippen molar-refractivity contribution in [3.05, 3.63) is 0 Å². The monoisotopic (exact) mass is 258 g/mol. The standard InChI is InChI=1S/C9H18N6OS/c1-4-10-5-6-15-9(11-12-13-15)17-7-8(16)14(2)3/h10H,4-7H2,1-3H3. The second kappa shape index (κ2) is 7.23. The van der Waals surface area contributed by atoms with Gasteiger partial charge in [-0.2, -0.15) is 0 Å². The Balaban J connectivity index is 2.42. The Labute approximate surface area is 105 Å². The van der Waals surface area contributed by atoms with E-state index >= 15 is 0 Å². The Morgan fingerprint density at radius 3 is 2.94 bits per heavy atom. The summed E-state index contributed by atoms with van der Waals surface area (Å²) in [6.07, 6.45) is 0. The SMILES string of the molecule is CCNCCn1nnnc1SCC(=O)N(C)C. The lowest BCUT2D eigenvalue weighted by atomic mass is 10.6. The summed E-state index contributed by atoms with van der Waals surface area (Å²) < 4.78 is 1.70. The molecule has 0 aliphatic carbocycles. The smallest absolute Gasteiger partial charge is 0.232 e. The van der Waals surface area contributed by atoms with Crippen molar-refractivity contribution in [2.24, 2.45) is 0 Å². The largest absolute Gasteiger partial charge is 0.348 e. The lowest BCUT2D eigenvalue weighted by Gasteiger charge is -2.09. The van der Waals surface area contributed by atoms with Gasteiger partial charge in [0.25, 0.3) is 0 Å². The van der Waals surface area contributed by atoms with Crippen molar-refractivity contribution in [1.29, 1.82) is 0 Å². The van der Waals surface area contributed by atoms with Gasteiger partial charge in [-0.15, -0.1) is 5.10 Å². The summed E-state index contributed by atoms with van der Waals surface area (Å²) in [6.45, 7) is 4.49. The van der Waals surface area contributed by atoms with Crippen molar-refractivity contribution in [2.45, 2.75) is 18.6 Å². The topological polar surface area (TPSA) is 75.9 Å². The molecule has 0 spiro atoms. The molecule has 0 saturated heterocycles. The summed E-state index contributed by atoms with van der Waals surface area (Å²) in [4.78, 5) is 13.0. The minimum absolute atomic E-state index is 0.0521. The molecule has 17 heavy (non-hydrogen) atoms. The first-order chi connectivity index (χ1) is 8.15. The molecule has 0 saturated carbocycles. The maximum Gasteiger partial charge on any atom is 0.232 e. The number of nitrogens with zero attached hydrogens (tertiary/aromatic N) is 5. The van der Waals surface area contributed by atoms with Crippen LogP contribution in [-0.4, -0.2) is 64.0 Å². The normalized spacial score (nSPS) is 10.5. The van der Waals surface area contributed by atoms with Gasteiger partial charge < -0.3 is 10.2 Å². The van der Waals surface area contributed by atoms with Gasteiger partial charge in [-0.1, -0.05) is 18.7 Å². The summed E-state index contributed by atoms with van der Waals surface area (Å²) in [6, 6.07) is 0. The van der Waals surface area contributed by atoms with Crippen LogP contribution in [0.5, 0.6) is 0 Å². The lowest BCUT2D eigenvalue weighted by Crippen LogP contribution is -2.24. The number of carbonyl (C=O) groups excluding carboxylic acids is 1. The minimum Gasteiger partial charge on any atom is -0.348 e. The summed E-state index contributed by atoms with van der Waals surface area (Å²) in [5.74, 6) is 0.408. The van der Waals surface area contributed by atoms with Gasteiger partial charge in [-0.3, -0.25) is 4.79 Å². The molecule has 0 aliphatic rings. The second-order valence-electron chi connectivity index (χ2n) is 3.61. The molecule has 0 aromatic carbocycles. The van der Waals surface area contributed by atoms with Crippen LogP contribution in [0.3, 0.4) is 0 Å². The Kier molecular flexibility index (Phi) is 5.92. The number of amides is 1. The van der Waals surface area contributed by atoms with E-state index in [1.165, 1.54) is 11.8 Å². The molecule has 1 heterocycles. The molecule has 1 aromatic heterocycles. The summed E-state index contributed by atoms with van der Waals surface area (Å²) in [5.41, 5.74) is 0. The number of carbonyl (C=O) groups is 1. The zero-order valence-electron chi connectivity index (χ0n) is 10.4. The maximum absolute atomic E-state index is 11.4. The zero-order valence-corrected chi connectivity index (χ0v) is 11.2. The third-order valence-electron chi connectivity index (χ3n) is 2.07. The molecule has 0 bridgehead atoms. The number of aromatic nitrogens is 4. The van der Waals surface area contributed by atoms with Crippen molar-refractivity contribution < 1.29 is 4.79 Å². The molecule has 96 valence electrons. The molecule has 0 unspecified atom stereocenters. The highest BCUT2D eigenvalue weighted by Gasteiger charge is 2.10. The minimum atomic E-state index is 0.0521. The van der Waals surface area contributed by atoms with Crippen molar-refractivity contribution in [2.75, 3.05) is 32.9 Å². The average Bonchev–Trinajstić information content (AvgIpc) is 2.74. The molecular weight excluding hydrogens is 240 g/mol. The highest BCUT2D eigenvalue weighted by atomic mass is 32.2. The predicted molar refractivity (Wildman–Crippen MR) is 65.8 cm³/mol. The molecule has 1 amide bonds. The van der Waals surface area contributed by atoms with Gasteiger partial charge in [0.15, 0.2) is 0 Å². The maximum atomic E-state index is 11.4. The quantitative estimate of drug-likeness (QED) is 0.523. The third-order valence-corrected chi connectivity index (χ3v) is 3.01. The fraction of sp³-hybridized carbons (Fsp3) is 0.778. The predicted octanol–water partition coefficient (Wildman–Crippen LogP) is -0.537. The van der Waals surface area contributed by atoms with Crippen LogP contribution in [0.1, 0.15) is 6.92 Å². The second-order valence-corrected chi connectivity index (χ2v) is 4.56. The van der Waals surface area contributed by atoms with Crippen LogP contribution in [0.4, 0.5) is 0 Å². The molecule has 0 aliphatic heterocycles. The number of tetrazole rings is 1. The Bertz CT molecular complexity index is 353. The van der Waals surface area contributed by atoms with Gasteiger partial charge in [0, 0.05) is 20.6 Å². The first-order valence-electron chi connectivity index (χ1n) is 5.45.